The van der Waals surface area contributed by atoms with Crippen molar-refractivity contribution in [3.8, 4) is 11.5 Å². The highest BCUT2D eigenvalue weighted by atomic mass is 28.3. The Labute approximate surface area is 325 Å². The molecule has 3 aliphatic rings. The fourth-order valence-electron chi connectivity index (χ4n) is 10.4. The SMILES string of the molecule is CC1(C)c2ccccc2N(c2ccc3c(c2)[Si]2(c4ccccc4O3)c3ccccc3[Si](c3ccccc3)(c3ccccc3)c3ccccc32)c2ccccc21. The monoisotopic (exact) mass is 737 g/mol. The predicted octanol–water partition coefficient (Wildman–Crippen LogP) is 6.97. The molecule has 0 fully saturated rings. The normalized spacial score (nSPS) is 16.0. The lowest BCUT2D eigenvalue weighted by atomic mass is 9.73. The molecule has 11 rings (SSSR count). The van der Waals surface area contributed by atoms with E-state index >= 15 is 0 Å². The van der Waals surface area contributed by atoms with Gasteiger partial charge in [-0.25, -0.2) is 0 Å². The Kier molecular flexibility index (Phi) is 6.97. The van der Waals surface area contributed by atoms with Crippen molar-refractivity contribution in [1.29, 1.82) is 0 Å². The van der Waals surface area contributed by atoms with Gasteiger partial charge in [0.05, 0.1) is 11.4 Å². The van der Waals surface area contributed by atoms with Gasteiger partial charge in [-0.3, -0.25) is 0 Å². The number of hydrogen-bond acceptors (Lipinski definition) is 2. The molecule has 3 aliphatic heterocycles. The van der Waals surface area contributed by atoms with Crippen molar-refractivity contribution in [2.24, 2.45) is 0 Å². The minimum absolute atomic E-state index is 0.139. The summed E-state index contributed by atoms with van der Waals surface area (Å²) in [6, 6.07) is 75.5. The Hall–Kier alpha value is -6.21. The minimum atomic E-state index is -3.03. The molecular formula is C51H39NOSi2. The van der Waals surface area contributed by atoms with E-state index in [1.807, 2.05) is 0 Å². The van der Waals surface area contributed by atoms with Crippen LogP contribution in [0.3, 0.4) is 0 Å². The lowest BCUT2D eigenvalue weighted by Crippen LogP contribution is -2.93. The fraction of sp³-hybridized carbons (Fsp3) is 0.0588. The number of hydrogen-bond donors (Lipinski definition) is 0. The number of para-hydroxylation sites is 3. The van der Waals surface area contributed by atoms with E-state index in [1.165, 1.54) is 64.0 Å². The van der Waals surface area contributed by atoms with E-state index in [4.69, 9.17) is 4.74 Å². The van der Waals surface area contributed by atoms with Crippen LogP contribution in [0, 0.1) is 0 Å². The Morgan fingerprint density at radius 1 is 0.382 bits per heavy atom. The van der Waals surface area contributed by atoms with Gasteiger partial charge in [-0.15, -0.1) is 0 Å². The zero-order valence-corrected chi connectivity index (χ0v) is 32.9. The van der Waals surface area contributed by atoms with E-state index in [9.17, 15) is 0 Å². The van der Waals surface area contributed by atoms with Crippen molar-refractivity contribution in [3.63, 3.8) is 0 Å². The van der Waals surface area contributed by atoms with Gasteiger partial charge in [-0.1, -0.05) is 178 Å². The van der Waals surface area contributed by atoms with Gasteiger partial charge in [0.1, 0.15) is 11.5 Å². The smallest absolute Gasteiger partial charge is 0.188 e. The van der Waals surface area contributed by atoms with Crippen LogP contribution in [0.2, 0.25) is 0 Å². The summed E-state index contributed by atoms with van der Waals surface area (Å²) in [4.78, 5) is 2.49. The van der Waals surface area contributed by atoms with Crippen LogP contribution < -0.4 is 51.1 Å². The summed E-state index contributed by atoms with van der Waals surface area (Å²) in [7, 11) is -5.83. The molecule has 0 radical (unpaired) electrons. The van der Waals surface area contributed by atoms with Crippen LogP contribution in [-0.2, 0) is 5.41 Å². The van der Waals surface area contributed by atoms with Crippen LogP contribution in [0.1, 0.15) is 25.0 Å². The molecular weight excluding hydrogens is 699 g/mol. The van der Waals surface area contributed by atoms with Gasteiger partial charge in [-0.05, 0) is 89.0 Å². The van der Waals surface area contributed by atoms with E-state index in [1.54, 1.807) is 0 Å². The topological polar surface area (TPSA) is 12.5 Å². The van der Waals surface area contributed by atoms with E-state index in [2.05, 4.69) is 219 Å². The van der Waals surface area contributed by atoms with E-state index < -0.39 is 16.1 Å². The van der Waals surface area contributed by atoms with Crippen LogP contribution in [0.5, 0.6) is 11.5 Å². The quantitative estimate of drug-likeness (QED) is 0.182. The summed E-state index contributed by atoms with van der Waals surface area (Å²) >= 11 is 0. The van der Waals surface area contributed by atoms with Crippen molar-refractivity contribution < 1.29 is 4.74 Å². The summed E-state index contributed by atoms with van der Waals surface area (Å²) in [5.41, 5.74) is 6.12. The molecule has 8 aromatic rings. The number of nitrogens with zero attached hydrogens (tertiary/aromatic N) is 1. The second kappa shape index (κ2) is 11.9. The summed E-state index contributed by atoms with van der Waals surface area (Å²) < 4.78 is 7.00. The average molecular weight is 738 g/mol. The second-order valence-electron chi connectivity index (χ2n) is 15.6. The van der Waals surface area contributed by atoms with Gasteiger partial charge in [-0.2, -0.15) is 0 Å². The molecule has 262 valence electrons. The molecule has 2 nitrogen and oxygen atoms in total. The molecule has 4 heteroatoms. The van der Waals surface area contributed by atoms with Crippen LogP contribution in [-0.4, -0.2) is 16.1 Å². The maximum Gasteiger partial charge on any atom is 0.188 e. The van der Waals surface area contributed by atoms with Crippen molar-refractivity contribution in [1.82, 2.24) is 0 Å². The largest absolute Gasteiger partial charge is 0.458 e. The van der Waals surface area contributed by atoms with Crippen LogP contribution in [0.4, 0.5) is 17.1 Å². The highest BCUT2D eigenvalue weighted by molar-refractivity contribution is 7.33. The molecule has 0 bridgehead atoms. The predicted molar refractivity (Wildman–Crippen MR) is 234 cm³/mol. The van der Waals surface area contributed by atoms with Gasteiger partial charge in [0.15, 0.2) is 16.1 Å². The van der Waals surface area contributed by atoms with Crippen molar-refractivity contribution >= 4 is 74.7 Å². The number of ether oxygens (including phenoxy) is 1. The Morgan fingerprint density at radius 2 is 0.800 bits per heavy atom. The number of fused-ring (bicyclic) bond motifs is 10. The summed E-state index contributed by atoms with van der Waals surface area (Å²) in [6.07, 6.45) is 0. The number of anilines is 3. The molecule has 0 saturated heterocycles. The summed E-state index contributed by atoms with van der Waals surface area (Å²) in [5, 5.41) is 11.3. The van der Waals surface area contributed by atoms with Gasteiger partial charge >= 0.3 is 0 Å². The third kappa shape index (κ3) is 4.24. The highest BCUT2D eigenvalue weighted by Gasteiger charge is 2.59. The third-order valence-electron chi connectivity index (χ3n) is 12.7. The Balaban J connectivity index is 1.27. The Morgan fingerprint density at radius 3 is 1.35 bits per heavy atom. The average Bonchev–Trinajstić information content (AvgIpc) is 3.25. The van der Waals surface area contributed by atoms with Crippen molar-refractivity contribution in [2.45, 2.75) is 19.3 Å². The van der Waals surface area contributed by atoms with Crippen molar-refractivity contribution in [3.05, 3.63) is 211 Å². The zero-order chi connectivity index (χ0) is 36.8. The summed E-state index contributed by atoms with van der Waals surface area (Å²) in [6.45, 7) is 4.71. The first-order valence-corrected chi connectivity index (χ1v) is 23.3. The number of rotatable bonds is 3. The van der Waals surface area contributed by atoms with Gasteiger partial charge in [0, 0.05) is 11.1 Å². The first-order chi connectivity index (χ1) is 27.1. The zero-order valence-electron chi connectivity index (χ0n) is 30.9. The molecule has 1 spiro atoms. The van der Waals surface area contributed by atoms with E-state index in [-0.39, 0.29) is 5.41 Å². The van der Waals surface area contributed by atoms with Crippen LogP contribution in [0.25, 0.3) is 0 Å². The first-order valence-electron chi connectivity index (χ1n) is 19.3. The molecule has 0 amide bonds. The molecule has 0 atom stereocenters. The lowest BCUT2D eigenvalue weighted by Gasteiger charge is -2.50. The second-order valence-corrected chi connectivity index (χ2v) is 23.0. The molecule has 8 aromatic carbocycles. The maximum atomic E-state index is 7.00. The third-order valence-corrected chi connectivity index (χ3v) is 23.0. The molecule has 3 heterocycles. The molecule has 55 heavy (non-hydrogen) atoms. The molecule has 0 aliphatic carbocycles. The Bertz CT molecular complexity index is 2660. The van der Waals surface area contributed by atoms with Crippen molar-refractivity contribution in [2.75, 3.05) is 4.90 Å². The maximum absolute atomic E-state index is 7.00. The molecule has 0 aromatic heterocycles. The minimum Gasteiger partial charge on any atom is -0.458 e. The van der Waals surface area contributed by atoms with Gasteiger partial charge in [0.25, 0.3) is 0 Å². The highest BCUT2D eigenvalue weighted by Crippen LogP contribution is 2.51. The van der Waals surface area contributed by atoms with E-state index in [0.29, 0.717) is 0 Å². The van der Waals surface area contributed by atoms with Crippen LogP contribution >= 0.6 is 0 Å². The molecule has 0 unspecified atom stereocenters. The van der Waals surface area contributed by atoms with Gasteiger partial charge < -0.3 is 9.64 Å². The van der Waals surface area contributed by atoms with Crippen LogP contribution in [0.15, 0.2) is 200 Å². The molecule has 0 N–H and O–H groups in total. The fourth-order valence-corrected chi connectivity index (χ4v) is 22.7. The standard InChI is InChI=1S/C51H39NOSi2/c1-51(2)39-23-9-11-25-41(39)52(42-26-12-10-24-40(42)51)36-33-34-44-50(35-36)55(45-28-14-13-27-43(45)53-44)48-31-17-15-29-46(48)54(37-19-5-3-6-20-37,38-21-7-4-8-22-38)47-30-16-18-32-49(47)55/h3-35H,1-2H3. The first kappa shape index (κ1) is 32.2. The summed E-state index contributed by atoms with van der Waals surface area (Å²) in [5.74, 6) is 1.91. The lowest BCUT2D eigenvalue weighted by molar-refractivity contribution is 0.487. The van der Waals surface area contributed by atoms with E-state index in [0.717, 1.165) is 17.2 Å². The number of benzene rings is 8. The van der Waals surface area contributed by atoms with Gasteiger partial charge in [0.2, 0.25) is 0 Å². The molecule has 0 saturated carbocycles.